The van der Waals surface area contributed by atoms with Crippen molar-refractivity contribution in [2.75, 3.05) is 20.3 Å². The monoisotopic (exact) mass is 432 g/mol. The van der Waals surface area contributed by atoms with Gasteiger partial charge in [-0.15, -0.1) is 0 Å². The lowest BCUT2D eigenvalue weighted by Gasteiger charge is -2.34. The number of nitrogens with zero attached hydrogens (tertiary/aromatic N) is 1. The van der Waals surface area contributed by atoms with Gasteiger partial charge in [0.05, 0.1) is 7.11 Å². The van der Waals surface area contributed by atoms with Crippen LogP contribution >= 0.6 is 0 Å². The molecule has 3 aliphatic rings. The molecule has 0 spiro atoms. The van der Waals surface area contributed by atoms with Crippen LogP contribution in [0.15, 0.2) is 54.1 Å². The third-order valence-corrected chi connectivity index (χ3v) is 7.08. The minimum Gasteiger partial charge on any atom is -0.497 e. The van der Waals surface area contributed by atoms with Gasteiger partial charge in [-0.05, 0) is 61.1 Å². The number of methoxy groups -OCH3 is 1. The Balaban J connectivity index is 1.41. The molecule has 5 nitrogen and oxygen atoms in total. The van der Waals surface area contributed by atoms with Crippen LogP contribution in [0.1, 0.15) is 43.2 Å². The van der Waals surface area contributed by atoms with E-state index in [9.17, 15) is 4.79 Å². The predicted octanol–water partition coefficient (Wildman–Crippen LogP) is 4.22. The van der Waals surface area contributed by atoms with E-state index < -0.39 is 0 Å². The first kappa shape index (κ1) is 21.1. The third kappa shape index (κ3) is 4.53. The number of amides is 1. The molecule has 0 unspecified atom stereocenters. The third-order valence-electron chi connectivity index (χ3n) is 7.08. The molecule has 3 atom stereocenters. The van der Waals surface area contributed by atoms with E-state index in [2.05, 4.69) is 46.6 Å². The smallest absolute Gasteiger partial charge is 0.220 e. The molecule has 0 saturated carbocycles. The highest BCUT2D eigenvalue weighted by Gasteiger charge is 2.42. The van der Waals surface area contributed by atoms with Gasteiger partial charge in [-0.25, -0.2) is 0 Å². The molecule has 0 aromatic heterocycles. The van der Waals surface area contributed by atoms with E-state index in [0.29, 0.717) is 25.1 Å². The highest BCUT2D eigenvalue weighted by atomic mass is 16.5. The van der Waals surface area contributed by atoms with E-state index in [0.717, 1.165) is 55.7 Å². The number of benzene rings is 2. The van der Waals surface area contributed by atoms with Crippen LogP contribution in [0.4, 0.5) is 0 Å². The fraction of sp³-hybridized carbons (Fsp3) is 0.444. The lowest BCUT2D eigenvalue weighted by Crippen LogP contribution is -2.47. The molecule has 2 aromatic carbocycles. The van der Waals surface area contributed by atoms with E-state index >= 15 is 0 Å². The predicted molar refractivity (Wildman–Crippen MR) is 126 cm³/mol. The number of carbonyl (C=O) groups excluding carboxylic acids is 1. The molecule has 168 valence electrons. The minimum absolute atomic E-state index is 0.209. The maximum Gasteiger partial charge on any atom is 0.220 e. The molecular weight excluding hydrogens is 400 g/mol. The van der Waals surface area contributed by atoms with Crippen LogP contribution < -0.4 is 14.8 Å². The molecule has 2 saturated heterocycles. The molecule has 2 aromatic rings. The number of ether oxygens (including phenoxy) is 2. The second kappa shape index (κ2) is 9.37. The van der Waals surface area contributed by atoms with E-state index in [1.165, 1.54) is 11.1 Å². The topological polar surface area (TPSA) is 50.8 Å². The first-order valence-corrected chi connectivity index (χ1v) is 11.8. The van der Waals surface area contributed by atoms with Crippen molar-refractivity contribution >= 4 is 12.0 Å². The molecule has 0 radical (unpaired) electrons. The van der Waals surface area contributed by atoms with Crippen LogP contribution in [-0.2, 0) is 11.2 Å². The standard InChI is InChI=1S/C27H32N2O3/c1-31-23-11-12-26-21(15-23)13-20(18-32-26)17-29-22(14-19-7-3-2-4-8-19)16-24-25(29)9-5-6-10-27(30)28-24/h2-4,7-8,11-13,15,22,24-25H,5-6,9-10,14,16-18H2,1H3,(H,28,30)/t22-,24+,25-/m1/s1. The Morgan fingerprint density at radius 2 is 2.03 bits per heavy atom. The Kier molecular flexibility index (Phi) is 6.17. The zero-order valence-electron chi connectivity index (χ0n) is 18.8. The van der Waals surface area contributed by atoms with Crippen molar-refractivity contribution in [1.82, 2.24) is 10.2 Å². The van der Waals surface area contributed by atoms with Gasteiger partial charge < -0.3 is 14.8 Å². The number of fused-ring (bicyclic) bond motifs is 2. The van der Waals surface area contributed by atoms with Gasteiger partial charge in [-0.2, -0.15) is 0 Å². The summed E-state index contributed by atoms with van der Waals surface area (Å²) in [5, 5.41) is 3.35. The summed E-state index contributed by atoms with van der Waals surface area (Å²) in [6.07, 6.45) is 8.14. The molecule has 2 fully saturated rings. The van der Waals surface area contributed by atoms with Gasteiger partial charge in [0.15, 0.2) is 0 Å². The van der Waals surface area contributed by atoms with Gasteiger partial charge in [0, 0.05) is 36.7 Å². The van der Waals surface area contributed by atoms with Crippen LogP contribution in [0.25, 0.3) is 6.08 Å². The Morgan fingerprint density at radius 3 is 2.88 bits per heavy atom. The van der Waals surface area contributed by atoms with Crippen molar-refractivity contribution in [2.45, 2.75) is 56.7 Å². The minimum atomic E-state index is 0.209. The van der Waals surface area contributed by atoms with Gasteiger partial charge in [0.25, 0.3) is 0 Å². The Bertz CT molecular complexity index is 988. The van der Waals surface area contributed by atoms with Crippen molar-refractivity contribution in [3.8, 4) is 11.5 Å². The second-order valence-corrected chi connectivity index (χ2v) is 9.23. The van der Waals surface area contributed by atoms with Gasteiger partial charge in [0.1, 0.15) is 18.1 Å². The van der Waals surface area contributed by atoms with Crippen LogP contribution in [0.5, 0.6) is 11.5 Å². The van der Waals surface area contributed by atoms with E-state index in [-0.39, 0.29) is 11.9 Å². The van der Waals surface area contributed by atoms with Crippen LogP contribution in [0, 0.1) is 0 Å². The first-order chi connectivity index (χ1) is 15.7. The van der Waals surface area contributed by atoms with E-state index in [4.69, 9.17) is 9.47 Å². The molecule has 5 rings (SSSR count). The molecule has 5 heteroatoms. The van der Waals surface area contributed by atoms with Crippen LogP contribution in [-0.4, -0.2) is 49.2 Å². The number of rotatable bonds is 5. The number of hydrogen-bond acceptors (Lipinski definition) is 4. The summed E-state index contributed by atoms with van der Waals surface area (Å²) in [6.45, 7) is 1.48. The first-order valence-electron chi connectivity index (χ1n) is 11.8. The van der Waals surface area contributed by atoms with Crippen molar-refractivity contribution in [3.05, 3.63) is 65.2 Å². The van der Waals surface area contributed by atoms with Gasteiger partial charge in [-0.3, -0.25) is 9.69 Å². The Labute approximate surface area is 190 Å². The maximum atomic E-state index is 12.4. The van der Waals surface area contributed by atoms with E-state index in [1.54, 1.807) is 7.11 Å². The largest absolute Gasteiger partial charge is 0.497 e. The summed E-state index contributed by atoms with van der Waals surface area (Å²) in [4.78, 5) is 15.0. The zero-order chi connectivity index (χ0) is 21.9. The van der Waals surface area contributed by atoms with E-state index in [1.807, 2.05) is 18.2 Å². The lowest BCUT2D eigenvalue weighted by atomic mass is 9.97. The van der Waals surface area contributed by atoms with Crippen LogP contribution in [0.3, 0.4) is 0 Å². The summed E-state index contributed by atoms with van der Waals surface area (Å²) >= 11 is 0. The van der Waals surface area contributed by atoms with Gasteiger partial charge in [-0.1, -0.05) is 36.8 Å². The SMILES string of the molecule is COc1ccc2c(c1)C=C(CN1[C@H](Cc3ccccc3)C[C@@H]3NC(=O)CCCC[C@H]31)CO2. The normalized spacial score (nSPS) is 25.5. The molecule has 0 aliphatic carbocycles. The summed E-state index contributed by atoms with van der Waals surface area (Å²) in [6, 6.07) is 17.7. The quantitative estimate of drug-likeness (QED) is 0.769. The van der Waals surface area contributed by atoms with Crippen LogP contribution in [0.2, 0.25) is 0 Å². The summed E-state index contributed by atoms with van der Waals surface area (Å²) in [5.41, 5.74) is 3.71. The summed E-state index contributed by atoms with van der Waals surface area (Å²) in [5.74, 6) is 1.96. The highest BCUT2D eigenvalue weighted by Crippen LogP contribution is 2.35. The number of hydrogen-bond donors (Lipinski definition) is 1. The molecule has 1 amide bonds. The van der Waals surface area contributed by atoms with Crippen molar-refractivity contribution < 1.29 is 14.3 Å². The fourth-order valence-electron chi connectivity index (χ4n) is 5.52. The van der Waals surface area contributed by atoms with Gasteiger partial charge in [0.2, 0.25) is 5.91 Å². The molecule has 1 N–H and O–H groups in total. The summed E-state index contributed by atoms with van der Waals surface area (Å²) < 4.78 is 11.5. The lowest BCUT2D eigenvalue weighted by molar-refractivity contribution is -0.122. The van der Waals surface area contributed by atoms with Crippen molar-refractivity contribution in [1.29, 1.82) is 0 Å². The fourth-order valence-corrected chi connectivity index (χ4v) is 5.52. The summed E-state index contributed by atoms with van der Waals surface area (Å²) in [7, 11) is 1.69. The zero-order valence-corrected chi connectivity index (χ0v) is 18.8. The molecule has 32 heavy (non-hydrogen) atoms. The average Bonchev–Trinajstić information content (AvgIpc) is 3.10. The molecule has 3 heterocycles. The van der Waals surface area contributed by atoms with Crippen molar-refractivity contribution in [3.63, 3.8) is 0 Å². The number of likely N-dealkylation sites (tertiary alicyclic amines) is 1. The molecule has 3 aliphatic heterocycles. The van der Waals surface area contributed by atoms with Gasteiger partial charge >= 0.3 is 0 Å². The second-order valence-electron chi connectivity index (χ2n) is 9.23. The Morgan fingerprint density at radius 1 is 1.16 bits per heavy atom. The molecule has 0 bridgehead atoms. The maximum absolute atomic E-state index is 12.4. The number of carbonyl (C=O) groups is 1. The highest BCUT2D eigenvalue weighted by molar-refractivity contribution is 5.76. The Hall–Kier alpha value is -2.79. The molecular formula is C27H32N2O3. The number of nitrogens with one attached hydrogen (secondary N) is 1. The van der Waals surface area contributed by atoms with Crippen molar-refractivity contribution in [2.24, 2.45) is 0 Å². The average molecular weight is 433 g/mol.